The number of nitrogens with one attached hydrogen (secondary N) is 1. The predicted octanol–water partition coefficient (Wildman–Crippen LogP) is 6.41. The monoisotopic (exact) mass is 402 g/mol. The van der Waals surface area contributed by atoms with Crippen molar-refractivity contribution < 1.29 is 9.90 Å². The third kappa shape index (κ3) is 2.80. The quantitative estimate of drug-likeness (QED) is 0.407. The molecular formula is C24H22N2O2S. The normalized spacial score (nSPS) is 16.9. The summed E-state index contributed by atoms with van der Waals surface area (Å²) in [4.78, 5) is 21.3. The number of aryl methyl sites for hydroxylation is 1. The zero-order chi connectivity index (χ0) is 20.3. The third-order valence-corrected chi connectivity index (χ3v) is 6.64. The summed E-state index contributed by atoms with van der Waals surface area (Å²) in [7, 11) is 0. The second kappa shape index (κ2) is 6.29. The first kappa shape index (κ1) is 18.1. The van der Waals surface area contributed by atoms with E-state index < -0.39 is 0 Å². The van der Waals surface area contributed by atoms with Crippen LogP contribution in [0.3, 0.4) is 0 Å². The first-order valence-corrected chi connectivity index (χ1v) is 10.6. The van der Waals surface area contributed by atoms with E-state index >= 15 is 0 Å². The van der Waals surface area contributed by atoms with Crippen molar-refractivity contribution >= 4 is 43.8 Å². The molecule has 1 aliphatic carbocycles. The van der Waals surface area contributed by atoms with Gasteiger partial charge in [0.1, 0.15) is 5.76 Å². The number of carbonyl (C=O) groups is 1. The maximum atomic E-state index is 13.3. The first-order chi connectivity index (χ1) is 13.9. The van der Waals surface area contributed by atoms with Crippen molar-refractivity contribution in [3.63, 3.8) is 0 Å². The molecule has 2 heterocycles. The maximum absolute atomic E-state index is 13.3. The van der Waals surface area contributed by atoms with Crippen LogP contribution in [-0.2, 0) is 4.79 Å². The highest BCUT2D eigenvalue weighted by Gasteiger charge is 2.36. The van der Waals surface area contributed by atoms with Gasteiger partial charge in [0.2, 0.25) is 0 Å². The summed E-state index contributed by atoms with van der Waals surface area (Å²) >= 11 is 1.56. The van der Waals surface area contributed by atoms with E-state index in [0.29, 0.717) is 18.4 Å². The number of rotatable bonds is 2. The summed E-state index contributed by atoms with van der Waals surface area (Å²) in [5.41, 5.74) is 7.74. The number of fused-ring (bicyclic) bond motifs is 3. The van der Waals surface area contributed by atoms with Crippen LogP contribution in [-0.4, -0.2) is 20.9 Å². The summed E-state index contributed by atoms with van der Waals surface area (Å²) in [5.74, 6) is 0.180. The van der Waals surface area contributed by atoms with Gasteiger partial charge in [-0.3, -0.25) is 4.79 Å². The van der Waals surface area contributed by atoms with Crippen LogP contribution in [0.25, 0.3) is 38.0 Å². The predicted molar refractivity (Wildman–Crippen MR) is 119 cm³/mol. The Hall–Kier alpha value is -2.92. The van der Waals surface area contributed by atoms with Gasteiger partial charge in [-0.05, 0) is 30.0 Å². The molecule has 1 aliphatic rings. The lowest BCUT2D eigenvalue weighted by atomic mass is 9.74. The number of aromatic nitrogens is 2. The third-order valence-electron chi connectivity index (χ3n) is 5.78. The molecule has 146 valence electrons. The molecule has 2 N–H and O–H groups in total. The summed E-state index contributed by atoms with van der Waals surface area (Å²) in [6.07, 6.45) is 0.914. The van der Waals surface area contributed by atoms with Crippen LogP contribution in [0.4, 0.5) is 0 Å². The summed E-state index contributed by atoms with van der Waals surface area (Å²) < 4.78 is 1.03. The Bertz CT molecular complexity index is 1320. The fourth-order valence-corrected chi connectivity index (χ4v) is 5.32. The Kier molecular flexibility index (Phi) is 3.93. The van der Waals surface area contributed by atoms with E-state index in [0.717, 1.165) is 43.5 Å². The van der Waals surface area contributed by atoms with Gasteiger partial charge in [0.15, 0.2) is 5.78 Å². The van der Waals surface area contributed by atoms with Gasteiger partial charge in [-0.1, -0.05) is 38.1 Å². The number of thiazole rings is 1. The lowest BCUT2D eigenvalue weighted by Crippen LogP contribution is -2.25. The zero-order valence-corrected chi connectivity index (χ0v) is 17.5. The maximum Gasteiger partial charge on any atom is 0.167 e. The van der Waals surface area contributed by atoms with E-state index in [2.05, 4.69) is 29.0 Å². The van der Waals surface area contributed by atoms with E-state index in [1.54, 1.807) is 11.3 Å². The van der Waals surface area contributed by atoms with Crippen molar-refractivity contribution in [1.29, 1.82) is 0 Å². The van der Waals surface area contributed by atoms with E-state index in [-0.39, 0.29) is 17.0 Å². The van der Waals surface area contributed by atoms with E-state index in [1.165, 1.54) is 0 Å². The van der Waals surface area contributed by atoms with Gasteiger partial charge >= 0.3 is 0 Å². The van der Waals surface area contributed by atoms with Crippen LogP contribution in [0.15, 0.2) is 47.7 Å². The van der Waals surface area contributed by atoms with Gasteiger partial charge in [-0.15, -0.1) is 11.3 Å². The number of ketones is 1. The number of carbonyl (C=O) groups excluding carboxylic acids is 1. The largest absolute Gasteiger partial charge is 0.512 e. The molecule has 0 bridgehead atoms. The number of nitrogens with zero attached hydrogens (tertiary/aromatic N) is 1. The molecule has 2 aromatic carbocycles. The zero-order valence-electron chi connectivity index (χ0n) is 16.7. The van der Waals surface area contributed by atoms with Crippen LogP contribution in [0.1, 0.15) is 37.8 Å². The highest BCUT2D eigenvalue weighted by atomic mass is 32.1. The minimum absolute atomic E-state index is 0.00370. The molecule has 0 radical (unpaired) electrons. The Labute approximate surface area is 172 Å². The SMILES string of the molecule is Cc1ccccc1-c1[nH]c2ccc3ncsc3c2c1C1=C(O)CC(C)(C)CC1=O. The molecule has 0 aliphatic heterocycles. The smallest absolute Gasteiger partial charge is 0.167 e. The van der Waals surface area contributed by atoms with Crippen LogP contribution in [0.2, 0.25) is 0 Å². The highest BCUT2D eigenvalue weighted by Crippen LogP contribution is 2.46. The average Bonchev–Trinajstić information content (AvgIpc) is 3.25. The van der Waals surface area contributed by atoms with E-state index in [4.69, 9.17) is 0 Å². The molecule has 0 fully saturated rings. The standard InChI is InChI=1S/C24H22N2O2S/c1-13-6-4-5-7-14(13)22-21(20-17(27)10-24(2,3)11-18(20)28)19-15(26-22)8-9-16-23(19)29-12-25-16/h4-9,12,26-27H,10-11H2,1-3H3. The topological polar surface area (TPSA) is 66.0 Å². The van der Waals surface area contributed by atoms with Crippen molar-refractivity contribution in [2.24, 2.45) is 5.41 Å². The average molecular weight is 403 g/mol. The van der Waals surface area contributed by atoms with Gasteiger partial charge in [0.25, 0.3) is 0 Å². The summed E-state index contributed by atoms with van der Waals surface area (Å²) in [6, 6.07) is 12.1. The molecule has 4 nitrogen and oxygen atoms in total. The van der Waals surface area contributed by atoms with Crippen LogP contribution < -0.4 is 0 Å². The fraction of sp³-hybridized carbons (Fsp3) is 0.250. The van der Waals surface area contributed by atoms with E-state index in [1.807, 2.05) is 43.6 Å². The summed E-state index contributed by atoms with van der Waals surface area (Å²) in [6.45, 7) is 6.11. The minimum Gasteiger partial charge on any atom is -0.512 e. The van der Waals surface area contributed by atoms with Gasteiger partial charge in [0.05, 0.1) is 27.0 Å². The van der Waals surface area contributed by atoms with Gasteiger partial charge in [-0.25, -0.2) is 4.98 Å². The lowest BCUT2D eigenvalue weighted by Gasteiger charge is -2.30. The number of hydrogen-bond donors (Lipinski definition) is 2. The molecule has 0 atom stereocenters. The van der Waals surface area contributed by atoms with Crippen molar-refractivity contribution in [3.8, 4) is 11.3 Å². The molecule has 29 heavy (non-hydrogen) atoms. The number of Topliss-reactive ketones (excluding diaryl/α,β-unsaturated/α-hetero) is 1. The summed E-state index contributed by atoms with van der Waals surface area (Å²) in [5, 5.41) is 12.0. The number of hydrogen-bond acceptors (Lipinski definition) is 4. The Morgan fingerprint density at radius 3 is 2.69 bits per heavy atom. The molecule has 0 saturated heterocycles. The second-order valence-corrected chi connectivity index (χ2v) is 9.50. The molecule has 2 aromatic heterocycles. The minimum atomic E-state index is -0.237. The number of H-pyrrole nitrogens is 1. The molecule has 5 rings (SSSR count). The van der Waals surface area contributed by atoms with Crippen LogP contribution >= 0.6 is 11.3 Å². The molecule has 0 saturated carbocycles. The van der Waals surface area contributed by atoms with Crippen LogP contribution in [0.5, 0.6) is 0 Å². The number of allylic oxidation sites excluding steroid dienone is 2. The Balaban J connectivity index is 1.93. The van der Waals surface area contributed by atoms with Crippen molar-refractivity contribution in [1.82, 2.24) is 9.97 Å². The number of aliphatic hydroxyl groups excluding tert-OH is 1. The van der Waals surface area contributed by atoms with Crippen molar-refractivity contribution in [3.05, 3.63) is 58.8 Å². The molecular weight excluding hydrogens is 380 g/mol. The van der Waals surface area contributed by atoms with Crippen molar-refractivity contribution in [2.75, 3.05) is 0 Å². The van der Waals surface area contributed by atoms with Gasteiger partial charge in [0, 0.05) is 34.9 Å². The molecule has 4 aromatic rings. The number of aliphatic hydroxyl groups is 1. The lowest BCUT2D eigenvalue weighted by molar-refractivity contribution is -0.116. The molecule has 0 spiro atoms. The molecule has 0 amide bonds. The second-order valence-electron chi connectivity index (χ2n) is 8.64. The van der Waals surface area contributed by atoms with Crippen molar-refractivity contribution in [2.45, 2.75) is 33.6 Å². The number of benzene rings is 2. The first-order valence-electron chi connectivity index (χ1n) is 9.75. The van der Waals surface area contributed by atoms with E-state index in [9.17, 15) is 9.90 Å². The Morgan fingerprint density at radius 1 is 1.14 bits per heavy atom. The number of aromatic amines is 1. The fourth-order valence-electron chi connectivity index (χ4n) is 4.48. The molecule has 5 heteroatoms. The van der Waals surface area contributed by atoms with Gasteiger partial charge in [-0.2, -0.15) is 0 Å². The van der Waals surface area contributed by atoms with Crippen LogP contribution in [0, 0.1) is 12.3 Å². The van der Waals surface area contributed by atoms with Gasteiger partial charge < -0.3 is 10.1 Å². The molecule has 0 unspecified atom stereocenters. The highest BCUT2D eigenvalue weighted by molar-refractivity contribution is 7.17. The Morgan fingerprint density at radius 2 is 1.93 bits per heavy atom.